The Kier molecular flexibility index (Phi) is 7.17. The number of furan rings is 2. The highest BCUT2D eigenvalue weighted by molar-refractivity contribution is 6.14. The van der Waals surface area contributed by atoms with E-state index in [4.69, 9.17) is 8.83 Å². The van der Waals surface area contributed by atoms with Crippen LogP contribution >= 0.6 is 0 Å². The molecule has 0 atom stereocenters. The third-order valence-electron chi connectivity index (χ3n) is 10.9. The molecule has 0 radical (unpaired) electrons. The van der Waals surface area contributed by atoms with Gasteiger partial charge >= 0.3 is 0 Å². The Morgan fingerprint density at radius 2 is 0.836 bits per heavy atom. The summed E-state index contributed by atoms with van der Waals surface area (Å²) in [5.74, 6) is 0. The predicted octanol–water partition coefficient (Wildman–Crippen LogP) is 15.1. The molecule has 0 N–H and O–H groups in total. The van der Waals surface area contributed by atoms with E-state index in [-0.39, 0.29) is 0 Å². The van der Waals surface area contributed by atoms with Gasteiger partial charge < -0.3 is 13.7 Å². The van der Waals surface area contributed by atoms with Gasteiger partial charge in [-0.05, 0) is 99.3 Å². The number of nitrogens with zero attached hydrogens (tertiary/aromatic N) is 1. The maximum Gasteiger partial charge on any atom is 0.136 e. The lowest BCUT2D eigenvalue weighted by Crippen LogP contribution is -2.11. The molecule has 0 fully saturated rings. The van der Waals surface area contributed by atoms with Crippen LogP contribution in [0.3, 0.4) is 0 Å². The molecule has 0 saturated carbocycles. The van der Waals surface area contributed by atoms with Gasteiger partial charge in [-0.15, -0.1) is 0 Å². The van der Waals surface area contributed by atoms with E-state index in [9.17, 15) is 0 Å². The van der Waals surface area contributed by atoms with Crippen LogP contribution in [0, 0.1) is 0 Å². The molecule has 0 aliphatic heterocycles. The summed E-state index contributed by atoms with van der Waals surface area (Å²) in [7, 11) is 0. The van der Waals surface area contributed by atoms with Crippen LogP contribution in [-0.2, 0) is 0 Å². The number of hydrogen-bond donors (Lipinski definition) is 0. The summed E-state index contributed by atoms with van der Waals surface area (Å²) in [5, 5.41) is 6.97. The Hall–Kier alpha value is -7.36. The van der Waals surface area contributed by atoms with Crippen LogP contribution in [0.15, 0.2) is 209 Å². The molecule has 2 aromatic heterocycles. The fourth-order valence-electron chi connectivity index (χ4n) is 8.30. The van der Waals surface area contributed by atoms with Gasteiger partial charge in [-0.3, -0.25) is 0 Å². The molecular weight excluding hydrogens is 671 g/mol. The fourth-order valence-corrected chi connectivity index (χ4v) is 8.30. The first-order chi connectivity index (χ1) is 27.3. The Balaban J connectivity index is 1.07. The largest absolute Gasteiger partial charge is 0.456 e. The monoisotopic (exact) mass is 703 g/mol. The highest BCUT2D eigenvalue weighted by atomic mass is 16.3. The number of hydrogen-bond acceptors (Lipinski definition) is 3. The number of benzene rings is 9. The van der Waals surface area contributed by atoms with Crippen LogP contribution in [0.25, 0.3) is 88.0 Å². The van der Waals surface area contributed by atoms with Crippen molar-refractivity contribution < 1.29 is 8.83 Å². The van der Waals surface area contributed by atoms with Crippen LogP contribution in [0.1, 0.15) is 0 Å². The number of rotatable bonds is 6. The molecule has 0 bridgehead atoms. The van der Waals surface area contributed by atoms with Crippen molar-refractivity contribution in [1.29, 1.82) is 0 Å². The minimum absolute atomic E-state index is 0.881. The first-order valence-electron chi connectivity index (χ1n) is 18.7. The van der Waals surface area contributed by atoms with Gasteiger partial charge in [0.05, 0.1) is 5.69 Å². The van der Waals surface area contributed by atoms with Crippen LogP contribution in [0.4, 0.5) is 17.1 Å². The van der Waals surface area contributed by atoms with Crippen molar-refractivity contribution >= 4 is 71.7 Å². The van der Waals surface area contributed by atoms with Gasteiger partial charge in [0, 0.05) is 38.5 Å². The molecule has 0 amide bonds. The Labute approximate surface area is 317 Å². The Bertz CT molecular complexity index is 3200. The zero-order valence-corrected chi connectivity index (χ0v) is 29.8. The van der Waals surface area contributed by atoms with E-state index >= 15 is 0 Å². The molecule has 11 rings (SSSR count). The fraction of sp³-hybridized carbons (Fsp3) is 0. The SMILES string of the molecule is c1ccc(N(c2ccc(-c3ccc4oc5ccccc5c4c3)cc2)c2ccc(-c3cccc4ccccc34)cc2)c(-c2cccc3oc4ccccc4c23)c1. The van der Waals surface area contributed by atoms with Crippen LogP contribution in [0.2, 0.25) is 0 Å². The molecule has 2 heterocycles. The lowest BCUT2D eigenvalue weighted by Gasteiger charge is -2.28. The first kappa shape index (κ1) is 31.2. The van der Waals surface area contributed by atoms with Crippen molar-refractivity contribution in [3.63, 3.8) is 0 Å². The molecule has 0 aliphatic carbocycles. The second-order valence-corrected chi connectivity index (χ2v) is 14.1. The molecule has 9 aromatic carbocycles. The molecule has 0 unspecified atom stereocenters. The normalized spacial score (nSPS) is 11.6. The zero-order chi connectivity index (χ0) is 36.3. The van der Waals surface area contributed by atoms with Crippen molar-refractivity contribution in [1.82, 2.24) is 0 Å². The minimum Gasteiger partial charge on any atom is -0.456 e. The van der Waals surface area contributed by atoms with Gasteiger partial charge in [0.2, 0.25) is 0 Å². The van der Waals surface area contributed by atoms with Crippen LogP contribution in [0.5, 0.6) is 0 Å². The van der Waals surface area contributed by atoms with E-state index in [0.29, 0.717) is 0 Å². The highest BCUT2D eigenvalue weighted by Crippen LogP contribution is 2.45. The maximum atomic E-state index is 6.35. The second-order valence-electron chi connectivity index (χ2n) is 14.1. The zero-order valence-electron chi connectivity index (χ0n) is 29.8. The molecule has 55 heavy (non-hydrogen) atoms. The molecule has 0 saturated heterocycles. The topological polar surface area (TPSA) is 29.5 Å². The minimum atomic E-state index is 0.881. The molecule has 0 aliphatic rings. The van der Waals surface area contributed by atoms with Gasteiger partial charge in [-0.1, -0.05) is 140 Å². The van der Waals surface area contributed by atoms with Crippen LogP contribution in [-0.4, -0.2) is 0 Å². The van der Waals surface area contributed by atoms with Crippen molar-refractivity contribution in [3.8, 4) is 33.4 Å². The van der Waals surface area contributed by atoms with Gasteiger partial charge in [0.25, 0.3) is 0 Å². The molecule has 3 heteroatoms. The van der Waals surface area contributed by atoms with E-state index in [1.54, 1.807) is 0 Å². The second kappa shape index (κ2) is 12.6. The van der Waals surface area contributed by atoms with Crippen molar-refractivity contribution in [2.24, 2.45) is 0 Å². The number of fused-ring (bicyclic) bond motifs is 7. The Morgan fingerprint density at radius 3 is 1.65 bits per heavy atom. The quantitative estimate of drug-likeness (QED) is 0.173. The van der Waals surface area contributed by atoms with E-state index < -0.39 is 0 Å². The van der Waals surface area contributed by atoms with Crippen molar-refractivity contribution in [2.75, 3.05) is 4.90 Å². The standard InChI is InChI=1S/C52H33NO2/c1-2-13-40-35(11-1)12-9-17-41(40)36-25-30-39(31-26-36)53(38-28-23-34(24-29-38)37-27-32-50-46(33-37)43-15-4-7-20-48(43)54-50)47-19-6-3-14-42(47)44-18-10-22-51-52(44)45-16-5-8-21-49(45)55-51/h1-33H. The lowest BCUT2D eigenvalue weighted by atomic mass is 9.96. The summed E-state index contributed by atoms with van der Waals surface area (Å²) in [6.45, 7) is 0. The van der Waals surface area contributed by atoms with E-state index in [1.807, 2.05) is 24.3 Å². The van der Waals surface area contributed by atoms with Gasteiger partial charge in [-0.25, -0.2) is 0 Å². The van der Waals surface area contributed by atoms with E-state index in [2.05, 4.69) is 181 Å². The summed E-state index contributed by atoms with van der Waals surface area (Å²) in [6, 6.07) is 71.1. The summed E-state index contributed by atoms with van der Waals surface area (Å²) >= 11 is 0. The molecule has 3 nitrogen and oxygen atoms in total. The van der Waals surface area contributed by atoms with E-state index in [1.165, 1.54) is 21.9 Å². The van der Waals surface area contributed by atoms with Gasteiger partial charge in [0.1, 0.15) is 22.3 Å². The predicted molar refractivity (Wildman–Crippen MR) is 229 cm³/mol. The average molecular weight is 704 g/mol. The maximum absolute atomic E-state index is 6.35. The lowest BCUT2D eigenvalue weighted by molar-refractivity contribution is 0.668. The molecule has 258 valence electrons. The van der Waals surface area contributed by atoms with Gasteiger partial charge in [-0.2, -0.15) is 0 Å². The van der Waals surface area contributed by atoms with Crippen molar-refractivity contribution in [3.05, 3.63) is 200 Å². The summed E-state index contributed by atoms with van der Waals surface area (Å²) in [5.41, 5.74) is 13.7. The first-order valence-corrected chi connectivity index (χ1v) is 18.7. The smallest absolute Gasteiger partial charge is 0.136 e. The highest BCUT2D eigenvalue weighted by Gasteiger charge is 2.21. The number of para-hydroxylation sites is 3. The summed E-state index contributed by atoms with van der Waals surface area (Å²) < 4.78 is 12.5. The Morgan fingerprint density at radius 1 is 0.309 bits per heavy atom. The van der Waals surface area contributed by atoms with Gasteiger partial charge in [0.15, 0.2) is 0 Å². The molecule has 0 spiro atoms. The third kappa shape index (κ3) is 5.20. The van der Waals surface area contributed by atoms with Crippen LogP contribution < -0.4 is 4.90 Å². The summed E-state index contributed by atoms with van der Waals surface area (Å²) in [4.78, 5) is 2.37. The summed E-state index contributed by atoms with van der Waals surface area (Å²) in [6.07, 6.45) is 0. The van der Waals surface area contributed by atoms with E-state index in [0.717, 1.165) is 83.2 Å². The average Bonchev–Trinajstić information content (AvgIpc) is 3.83. The number of anilines is 3. The molecular formula is C52H33NO2. The third-order valence-corrected chi connectivity index (χ3v) is 10.9. The molecule has 11 aromatic rings. The van der Waals surface area contributed by atoms with Crippen molar-refractivity contribution in [2.45, 2.75) is 0 Å².